The summed E-state index contributed by atoms with van der Waals surface area (Å²) in [4.78, 5) is 22.9. The van der Waals surface area contributed by atoms with Crippen molar-refractivity contribution in [3.63, 3.8) is 0 Å². The number of rotatable bonds is 11. The van der Waals surface area contributed by atoms with E-state index in [4.69, 9.17) is 0 Å². The van der Waals surface area contributed by atoms with E-state index in [2.05, 4.69) is 33.7 Å². The summed E-state index contributed by atoms with van der Waals surface area (Å²) >= 11 is 0. The van der Waals surface area contributed by atoms with E-state index >= 15 is 0 Å². The maximum Gasteiger partial charge on any atom is 0.239 e. The summed E-state index contributed by atoms with van der Waals surface area (Å²) in [5, 5.41) is 3.45. The molecular formula is C20H40IN5O. The Morgan fingerprint density at radius 3 is 2.63 bits per heavy atom. The molecule has 1 heterocycles. The number of amides is 1. The van der Waals surface area contributed by atoms with E-state index in [1.165, 1.54) is 19.3 Å². The van der Waals surface area contributed by atoms with Gasteiger partial charge < -0.3 is 15.1 Å². The number of hydrogen-bond donors (Lipinski definition) is 1. The van der Waals surface area contributed by atoms with Gasteiger partial charge in [0.1, 0.15) is 0 Å². The third kappa shape index (κ3) is 9.78. The molecule has 6 nitrogen and oxygen atoms in total. The predicted molar refractivity (Wildman–Crippen MR) is 126 cm³/mol. The van der Waals surface area contributed by atoms with Crippen LogP contribution in [0.3, 0.4) is 0 Å². The zero-order valence-electron chi connectivity index (χ0n) is 17.7. The number of carbonyl (C=O) groups excluding carboxylic acids is 1. The number of nitrogens with zero attached hydrogens (tertiary/aromatic N) is 4. The monoisotopic (exact) mass is 493 g/mol. The van der Waals surface area contributed by atoms with Crippen molar-refractivity contribution in [3.05, 3.63) is 12.7 Å². The number of hydrogen-bond acceptors (Lipinski definition) is 3. The van der Waals surface area contributed by atoms with Crippen molar-refractivity contribution in [2.75, 3.05) is 54.4 Å². The molecule has 7 heteroatoms. The number of carbonyl (C=O) groups is 1. The Kier molecular flexibility index (Phi) is 14.7. The summed E-state index contributed by atoms with van der Waals surface area (Å²) in [6.45, 7) is 7.65. The average Bonchev–Trinajstić information content (AvgIpc) is 3.09. The van der Waals surface area contributed by atoms with Crippen molar-refractivity contribution in [3.8, 4) is 0 Å². The number of likely N-dealkylation sites (N-methyl/N-ethyl adjacent to an activating group) is 1. The summed E-state index contributed by atoms with van der Waals surface area (Å²) in [5.74, 6) is 1.19. The Labute approximate surface area is 183 Å². The zero-order valence-corrected chi connectivity index (χ0v) is 20.1. The van der Waals surface area contributed by atoms with E-state index in [0.717, 1.165) is 57.8 Å². The number of halogens is 1. The molecule has 1 rings (SSSR count). The summed E-state index contributed by atoms with van der Waals surface area (Å²) in [7, 11) is 7.62. The van der Waals surface area contributed by atoms with Crippen LogP contribution in [-0.2, 0) is 4.79 Å². The van der Waals surface area contributed by atoms with Gasteiger partial charge in [-0.3, -0.25) is 14.7 Å². The van der Waals surface area contributed by atoms with Crippen LogP contribution in [0, 0.1) is 0 Å². The fourth-order valence-electron chi connectivity index (χ4n) is 3.46. The van der Waals surface area contributed by atoms with E-state index in [1.807, 2.05) is 27.2 Å². The molecule has 0 spiro atoms. The molecule has 1 fully saturated rings. The molecule has 1 aliphatic heterocycles. The first-order valence-corrected chi connectivity index (χ1v) is 9.99. The van der Waals surface area contributed by atoms with Gasteiger partial charge in [0, 0.05) is 47.8 Å². The standard InChI is InChI=1S/C20H39N5O.HI/c1-6-7-8-9-10-15-24(5)20(21-2)22-14-12-17-25-16-11-13-18(25)19(26)23(3)4;/h6,18H,1,7-17H2,2-5H3,(H,21,22);1H. The van der Waals surface area contributed by atoms with Crippen LogP contribution in [0.5, 0.6) is 0 Å². The van der Waals surface area contributed by atoms with Gasteiger partial charge in [-0.1, -0.05) is 12.5 Å². The molecule has 0 aromatic carbocycles. The van der Waals surface area contributed by atoms with Crippen LogP contribution in [0.25, 0.3) is 0 Å². The van der Waals surface area contributed by atoms with Gasteiger partial charge in [0.2, 0.25) is 5.91 Å². The number of unbranched alkanes of at least 4 members (excludes halogenated alkanes) is 3. The first-order valence-electron chi connectivity index (χ1n) is 9.99. The minimum absolute atomic E-state index is 0. The molecule has 1 saturated heterocycles. The van der Waals surface area contributed by atoms with Crippen molar-refractivity contribution in [1.82, 2.24) is 20.0 Å². The van der Waals surface area contributed by atoms with Crippen LogP contribution in [-0.4, -0.2) is 87.0 Å². The van der Waals surface area contributed by atoms with Gasteiger partial charge >= 0.3 is 0 Å². The lowest BCUT2D eigenvalue weighted by Crippen LogP contribution is -2.44. The highest BCUT2D eigenvalue weighted by Gasteiger charge is 2.30. The smallest absolute Gasteiger partial charge is 0.239 e. The van der Waals surface area contributed by atoms with Crippen LogP contribution < -0.4 is 5.32 Å². The maximum absolute atomic E-state index is 12.2. The predicted octanol–water partition coefficient (Wildman–Crippen LogP) is 2.80. The van der Waals surface area contributed by atoms with Crippen molar-refractivity contribution in [2.45, 2.75) is 51.0 Å². The summed E-state index contributed by atoms with van der Waals surface area (Å²) in [6, 6.07) is 0.0718. The number of aliphatic imine (C=N–C) groups is 1. The Morgan fingerprint density at radius 1 is 1.26 bits per heavy atom. The number of nitrogens with one attached hydrogen (secondary N) is 1. The number of likely N-dealkylation sites (tertiary alicyclic amines) is 1. The number of guanidine groups is 1. The second kappa shape index (κ2) is 15.1. The van der Waals surface area contributed by atoms with E-state index in [9.17, 15) is 4.79 Å². The Balaban J connectivity index is 0.00000676. The van der Waals surface area contributed by atoms with Crippen LogP contribution in [0.4, 0.5) is 0 Å². The SMILES string of the molecule is C=CCCCCCN(C)C(=NC)NCCCN1CCCC1C(=O)N(C)C.I. The molecular weight excluding hydrogens is 453 g/mol. The highest BCUT2D eigenvalue weighted by molar-refractivity contribution is 14.0. The minimum atomic E-state index is 0. The fourth-order valence-corrected chi connectivity index (χ4v) is 3.46. The molecule has 158 valence electrons. The van der Waals surface area contributed by atoms with Crippen molar-refractivity contribution in [2.24, 2.45) is 4.99 Å². The van der Waals surface area contributed by atoms with E-state index in [1.54, 1.807) is 4.90 Å². The molecule has 0 saturated carbocycles. The number of allylic oxidation sites excluding steroid dienone is 1. The molecule has 1 aliphatic rings. The van der Waals surface area contributed by atoms with Gasteiger partial charge in [-0.2, -0.15) is 0 Å². The normalized spacial score (nSPS) is 17.3. The van der Waals surface area contributed by atoms with Crippen molar-refractivity contribution in [1.29, 1.82) is 0 Å². The molecule has 1 amide bonds. The second-order valence-electron chi connectivity index (χ2n) is 7.31. The minimum Gasteiger partial charge on any atom is -0.356 e. The van der Waals surface area contributed by atoms with Crippen LogP contribution in [0.15, 0.2) is 17.6 Å². The quantitative estimate of drug-likeness (QED) is 0.158. The second-order valence-corrected chi connectivity index (χ2v) is 7.31. The highest BCUT2D eigenvalue weighted by Crippen LogP contribution is 2.18. The molecule has 0 radical (unpaired) electrons. The molecule has 27 heavy (non-hydrogen) atoms. The fraction of sp³-hybridized carbons (Fsp3) is 0.800. The third-order valence-corrected chi connectivity index (χ3v) is 4.97. The average molecular weight is 493 g/mol. The molecule has 0 aromatic heterocycles. The third-order valence-electron chi connectivity index (χ3n) is 4.97. The van der Waals surface area contributed by atoms with Gasteiger partial charge in [0.15, 0.2) is 5.96 Å². The first-order chi connectivity index (χ1) is 12.5. The zero-order chi connectivity index (χ0) is 19.4. The van der Waals surface area contributed by atoms with E-state index < -0.39 is 0 Å². The topological polar surface area (TPSA) is 51.2 Å². The van der Waals surface area contributed by atoms with E-state index in [-0.39, 0.29) is 35.9 Å². The molecule has 1 atom stereocenters. The lowest BCUT2D eigenvalue weighted by atomic mass is 10.2. The Bertz CT molecular complexity index is 456. The Hall–Kier alpha value is -0.830. The molecule has 1 N–H and O–H groups in total. The van der Waals surface area contributed by atoms with Gasteiger partial charge in [0.05, 0.1) is 6.04 Å². The molecule has 0 aromatic rings. The van der Waals surface area contributed by atoms with Crippen LogP contribution in [0.2, 0.25) is 0 Å². The van der Waals surface area contributed by atoms with E-state index in [0.29, 0.717) is 0 Å². The first kappa shape index (κ1) is 26.2. The highest BCUT2D eigenvalue weighted by atomic mass is 127. The lowest BCUT2D eigenvalue weighted by Gasteiger charge is -2.26. The van der Waals surface area contributed by atoms with Crippen LogP contribution >= 0.6 is 24.0 Å². The molecule has 0 aliphatic carbocycles. The summed E-state index contributed by atoms with van der Waals surface area (Å²) in [5.41, 5.74) is 0. The molecule has 1 unspecified atom stereocenters. The lowest BCUT2D eigenvalue weighted by molar-refractivity contribution is -0.133. The molecule has 0 bridgehead atoms. The van der Waals surface area contributed by atoms with Gasteiger partial charge in [-0.15, -0.1) is 30.6 Å². The van der Waals surface area contributed by atoms with Gasteiger partial charge in [-0.05, 0) is 45.1 Å². The van der Waals surface area contributed by atoms with Crippen molar-refractivity contribution >= 4 is 35.8 Å². The van der Waals surface area contributed by atoms with Gasteiger partial charge in [0.25, 0.3) is 0 Å². The summed E-state index contributed by atoms with van der Waals surface area (Å²) < 4.78 is 0. The Morgan fingerprint density at radius 2 is 2.00 bits per heavy atom. The van der Waals surface area contributed by atoms with Gasteiger partial charge in [-0.25, -0.2) is 0 Å². The largest absolute Gasteiger partial charge is 0.356 e. The summed E-state index contributed by atoms with van der Waals surface area (Å²) in [6.07, 6.45) is 9.83. The maximum atomic E-state index is 12.2. The van der Waals surface area contributed by atoms with Crippen LogP contribution in [0.1, 0.15) is 44.9 Å². The van der Waals surface area contributed by atoms with Crippen molar-refractivity contribution < 1.29 is 4.79 Å².